The molecule has 3 aromatic rings. The highest BCUT2D eigenvalue weighted by molar-refractivity contribution is 7.89. The molecule has 0 unspecified atom stereocenters. The predicted octanol–water partition coefficient (Wildman–Crippen LogP) is 4.34. The summed E-state index contributed by atoms with van der Waals surface area (Å²) in [6, 6.07) is 21.6. The van der Waals surface area contributed by atoms with Crippen LogP contribution < -0.4 is 0 Å². The third kappa shape index (κ3) is 5.83. The molecule has 38 heavy (non-hydrogen) atoms. The van der Waals surface area contributed by atoms with E-state index in [1.807, 2.05) is 69.3 Å². The molecule has 8 heteroatoms. The molecule has 7 nitrogen and oxygen atoms in total. The van der Waals surface area contributed by atoms with Gasteiger partial charge < -0.3 is 14.7 Å². The molecule has 0 saturated carbocycles. The van der Waals surface area contributed by atoms with Gasteiger partial charge in [-0.15, -0.1) is 0 Å². The lowest BCUT2D eigenvalue weighted by atomic mass is 9.94. The molecule has 0 aromatic heterocycles. The van der Waals surface area contributed by atoms with Crippen molar-refractivity contribution in [3.63, 3.8) is 0 Å². The molecule has 1 aliphatic rings. The summed E-state index contributed by atoms with van der Waals surface area (Å²) in [6.45, 7) is 6.17. The number of ether oxygens (including phenoxy) is 1. The number of carbonyl (C=O) groups is 1. The maximum Gasteiger partial charge on any atom is 0.254 e. The Balaban J connectivity index is 1.73. The molecule has 0 fully saturated rings. The minimum Gasteiger partial charge on any atom is -0.394 e. The van der Waals surface area contributed by atoms with Crippen molar-refractivity contribution in [1.82, 2.24) is 9.21 Å². The highest BCUT2D eigenvalue weighted by Gasteiger charge is 2.32. The van der Waals surface area contributed by atoms with Crippen LogP contribution in [0.4, 0.5) is 0 Å². The molecule has 0 saturated heterocycles. The number of rotatable bonds is 6. The Labute approximate surface area is 225 Å². The molecule has 1 heterocycles. The van der Waals surface area contributed by atoms with Crippen molar-refractivity contribution in [1.29, 1.82) is 0 Å². The predicted molar refractivity (Wildman–Crippen MR) is 148 cm³/mol. The summed E-state index contributed by atoms with van der Waals surface area (Å²) in [4.78, 5) is 15.8. The molecule has 1 amide bonds. The Kier molecular flexibility index (Phi) is 8.67. The maximum absolute atomic E-state index is 13.9. The Morgan fingerprint density at radius 3 is 2.26 bits per heavy atom. The molecule has 0 bridgehead atoms. The highest BCUT2D eigenvalue weighted by Crippen LogP contribution is 2.31. The smallest absolute Gasteiger partial charge is 0.254 e. The molecule has 0 radical (unpaired) electrons. The lowest BCUT2D eigenvalue weighted by molar-refractivity contribution is -0.0146. The number of aliphatic hydroxyl groups is 1. The summed E-state index contributed by atoms with van der Waals surface area (Å²) in [5.74, 6) is -0.397. The zero-order valence-corrected chi connectivity index (χ0v) is 23.2. The van der Waals surface area contributed by atoms with Crippen LogP contribution in [0.1, 0.15) is 35.3 Å². The van der Waals surface area contributed by atoms with Crippen molar-refractivity contribution in [2.75, 3.05) is 26.7 Å². The number of sulfonamides is 1. The lowest BCUT2D eigenvalue weighted by Gasteiger charge is -2.35. The molecule has 3 aromatic carbocycles. The van der Waals surface area contributed by atoms with Crippen LogP contribution in [0, 0.1) is 12.8 Å². The van der Waals surface area contributed by atoms with Crippen molar-refractivity contribution in [3.05, 3.63) is 89.5 Å². The number of hydrogen-bond donors (Lipinski definition) is 1. The monoisotopic (exact) mass is 536 g/mol. The van der Waals surface area contributed by atoms with E-state index in [0.29, 0.717) is 12.1 Å². The van der Waals surface area contributed by atoms with Crippen LogP contribution in [-0.4, -0.2) is 67.5 Å². The van der Waals surface area contributed by atoms with E-state index in [9.17, 15) is 18.3 Å². The van der Waals surface area contributed by atoms with Crippen LogP contribution in [-0.2, 0) is 21.4 Å². The summed E-state index contributed by atoms with van der Waals surface area (Å²) in [5, 5.41) is 9.99. The van der Waals surface area contributed by atoms with Gasteiger partial charge in [-0.1, -0.05) is 67.1 Å². The SMILES string of the molecule is Cc1ccc(S(=O)(=O)N(C)C[C@@H]2OCc3ccccc3-c3ccccc3C(=O)N([C@@H](C)CO)C[C@H]2C)cc1. The number of benzene rings is 3. The minimum absolute atomic E-state index is 0.113. The summed E-state index contributed by atoms with van der Waals surface area (Å²) >= 11 is 0. The third-order valence-corrected chi connectivity index (χ3v) is 9.10. The zero-order valence-electron chi connectivity index (χ0n) is 22.4. The van der Waals surface area contributed by atoms with E-state index in [1.165, 1.54) is 4.31 Å². The van der Waals surface area contributed by atoms with Crippen molar-refractivity contribution < 1.29 is 23.1 Å². The Hall–Kier alpha value is -3.04. The maximum atomic E-state index is 13.9. The van der Waals surface area contributed by atoms with E-state index >= 15 is 0 Å². The van der Waals surface area contributed by atoms with Crippen molar-refractivity contribution in [2.24, 2.45) is 5.92 Å². The van der Waals surface area contributed by atoms with Gasteiger partial charge in [0.15, 0.2) is 0 Å². The second-order valence-corrected chi connectivity index (χ2v) is 12.2. The molecular weight excluding hydrogens is 500 g/mol. The van der Waals surface area contributed by atoms with Crippen LogP contribution in [0.2, 0.25) is 0 Å². The minimum atomic E-state index is -3.74. The van der Waals surface area contributed by atoms with Crippen molar-refractivity contribution in [3.8, 4) is 11.1 Å². The number of fused-ring (bicyclic) bond motifs is 3. The summed E-state index contributed by atoms with van der Waals surface area (Å²) in [7, 11) is -2.18. The fourth-order valence-electron chi connectivity index (χ4n) is 4.79. The Bertz CT molecular complexity index is 1370. The number of aryl methyl sites for hydroxylation is 1. The summed E-state index contributed by atoms with van der Waals surface area (Å²) in [6.07, 6.45) is -0.504. The quantitative estimate of drug-likeness (QED) is 0.507. The molecule has 0 spiro atoms. The average molecular weight is 537 g/mol. The van der Waals surface area contributed by atoms with Gasteiger partial charge in [-0.25, -0.2) is 8.42 Å². The van der Waals surface area contributed by atoms with E-state index < -0.39 is 22.2 Å². The zero-order chi connectivity index (χ0) is 27.4. The third-order valence-electron chi connectivity index (χ3n) is 7.26. The van der Waals surface area contributed by atoms with E-state index in [4.69, 9.17) is 4.74 Å². The summed E-state index contributed by atoms with van der Waals surface area (Å²) in [5.41, 5.74) is 4.15. The highest BCUT2D eigenvalue weighted by atomic mass is 32.2. The molecular formula is C30H36N2O5S. The number of nitrogens with zero attached hydrogens (tertiary/aromatic N) is 2. The number of likely N-dealkylation sites (N-methyl/N-ethyl adjacent to an activating group) is 1. The number of amides is 1. The first-order chi connectivity index (χ1) is 18.1. The Morgan fingerprint density at radius 1 is 1.00 bits per heavy atom. The molecule has 4 rings (SSSR count). The molecule has 0 aliphatic carbocycles. The first kappa shape index (κ1) is 28.0. The van der Waals surface area contributed by atoms with Crippen LogP contribution >= 0.6 is 0 Å². The fraction of sp³-hybridized carbons (Fsp3) is 0.367. The standard InChI is InChI=1S/C30H36N2O5S/c1-21-13-15-25(16-14-21)38(35,36)31(4)18-29-22(2)17-32(23(3)19-33)30(34)28-12-8-7-11-27(28)26-10-6-5-9-24(26)20-37-29/h5-16,22-23,29,33H,17-20H2,1-4H3/t22-,23+,29+/m1/s1. The van der Waals surface area contributed by atoms with E-state index in [-0.39, 0.29) is 36.5 Å². The topological polar surface area (TPSA) is 87.2 Å². The van der Waals surface area contributed by atoms with Gasteiger partial charge in [-0.05, 0) is 48.7 Å². The van der Waals surface area contributed by atoms with Gasteiger partial charge in [-0.3, -0.25) is 4.79 Å². The number of hydrogen-bond acceptors (Lipinski definition) is 5. The van der Waals surface area contributed by atoms with E-state index in [0.717, 1.165) is 22.3 Å². The summed E-state index contributed by atoms with van der Waals surface area (Å²) < 4.78 is 34.5. The van der Waals surface area contributed by atoms with Crippen LogP contribution in [0.25, 0.3) is 11.1 Å². The second-order valence-electron chi connectivity index (χ2n) is 10.1. The largest absolute Gasteiger partial charge is 0.394 e. The molecule has 3 atom stereocenters. The van der Waals surface area contributed by atoms with Gasteiger partial charge in [0.1, 0.15) is 0 Å². The van der Waals surface area contributed by atoms with Crippen molar-refractivity contribution >= 4 is 15.9 Å². The van der Waals surface area contributed by atoms with Gasteiger partial charge in [-0.2, -0.15) is 4.31 Å². The molecule has 1 aliphatic heterocycles. The fourth-order valence-corrected chi connectivity index (χ4v) is 5.98. The average Bonchev–Trinajstić information content (AvgIpc) is 2.94. The van der Waals surface area contributed by atoms with Gasteiger partial charge >= 0.3 is 0 Å². The van der Waals surface area contributed by atoms with Gasteiger partial charge in [0, 0.05) is 31.6 Å². The van der Waals surface area contributed by atoms with Gasteiger partial charge in [0.25, 0.3) is 5.91 Å². The second kappa shape index (κ2) is 11.8. The first-order valence-electron chi connectivity index (χ1n) is 12.9. The van der Waals surface area contributed by atoms with Crippen LogP contribution in [0.3, 0.4) is 0 Å². The molecule has 1 N–H and O–H groups in total. The molecule has 202 valence electrons. The van der Waals surface area contributed by atoms with Crippen molar-refractivity contribution in [2.45, 2.75) is 44.4 Å². The van der Waals surface area contributed by atoms with Crippen LogP contribution in [0.5, 0.6) is 0 Å². The first-order valence-corrected chi connectivity index (χ1v) is 14.3. The number of aliphatic hydroxyl groups excluding tert-OH is 1. The van der Waals surface area contributed by atoms with Crippen LogP contribution in [0.15, 0.2) is 77.7 Å². The lowest BCUT2D eigenvalue weighted by Crippen LogP contribution is -2.47. The van der Waals surface area contributed by atoms with E-state index in [2.05, 4.69) is 0 Å². The van der Waals surface area contributed by atoms with Gasteiger partial charge in [0.05, 0.1) is 30.3 Å². The Morgan fingerprint density at radius 2 is 1.61 bits per heavy atom. The van der Waals surface area contributed by atoms with E-state index in [1.54, 1.807) is 36.2 Å². The van der Waals surface area contributed by atoms with Gasteiger partial charge in [0.2, 0.25) is 10.0 Å². The number of carbonyl (C=O) groups excluding carboxylic acids is 1. The normalized spacial score (nSPS) is 19.4.